The lowest BCUT2D eigenvalue weighted by Gasteiger charge is -2.27. The van der Waals surface area contributed by atoms with Crippen LogP contribution in [0.1, 0.15) is 51.0 Å². The molecule has 0 aliphatic heterocycles. The van der Waals surface area contributed by atoms with Crippen LogP contribution < -0.4 is 11.1 Å². The zero-order chi connectivity index (χ0) is 14.4. The summed E-state index contributed by atoms with van der Waals surface area (Å²) < 4.78 is 0. The minimum absolute atomic E-state index is 0.0209. The Morgan fingerprint density at radius 3 is 2.60 bits per heavy atom. The lowest BCUT2D eigenvalue weighted by molar-refractivity contribution is -0.121. The highest BCUT2D eigenvalue weighted by Crippen LogP contribution is 2.24. The van der Waals surface area contributed by atoms with Gasteiger partial charge < -0.3 is 11.1 Å². The van der Waals surface area contributed by atoms with Crippen LogP contribution in [0.2, 0.25) is 0 Å². The van der Waals surface area contributed by atoms with E-state index in [1.54, 1.807) is 0 Å². The molecule has 0 bridgehead atoms. The normalized spacial score (nSPS) is 22.5. The number of anilines is 1. The Balaban J connectivity index is 1.90. The van der Waals surface area contributed by atoms with Gasteiger partial charge in [-0.1, -0.05) is 38.3 Å². The minimum atomic E-state index is -0.0245. The van der Waals surface area contributed by atoms with Crippen molar-refractivity contribution in [1.82, 2.24) is 0 Å². The Kier molecular flexibility index (Phi) is 5.60. The first-order valence-corrected chi connectivity index (χ1v) is 7.86. The molecular weight excluding hydrogens is 248 g/mol. The summed E-state index contributed by atoms with van der Waals surface area (Å²) in [6.45, 7) is 2.20. The van der Waals surface area contributed by atoms with Crippen LogP contribution in [0.3, 0.4) is 0 Å². The van der Waals surface area contributed by atoms with Crippen LogP contribution >= 0.6 is 0 Å². The molecule has 0 heterocycles. The molecule has 110 valence electrons. The molecule has 0 radical (unpaired) electrons. The van der Waals surface area contributed by atoms with Gasteiger partial charge in [-0.15, -0.1) is 0 Å². The molecule has 3 N–H and O–H groups in total. The van der Waals surface area contributed by atoms with Crippen molar-refractivity contribution in [1.29, 1.82) is 0 Å². The molecule has 20 heavy (non-hydrogen) atoms. The molecule has 3 heteroatoms. The lowest BCUT2D eigenvalue weighted by atomic mass is 9.84. The minimum Gasteiger partial charge on any atom is -0.327 e. The van der Waals surface area contributed by atoms with Gasteiger partial charge in [0.25, 0.3) is 0 Å². The predicted molar refractivity (Wildman–Crippen MR) is 83.6 cm³/mol. The summed E-state index contributed by atoms with van der Waals surface area (Å²) in [7, 11) is 0. The highest BCUT2D eigenvalue weighted by atomic mass is 16.1. The molecule has 2 rings (SSSR count). The van der Waals surface area contributed by atoms with Crippen molar-refractivity contribution in [3.05, 3.63) is 29.8 Å². The average Bonchev–Trinajstić information content (AvgIpc) is 2.47. The van der Waals surface area contributed by atoms with Crippen molar-refractivity contribution in [2.75, 3.05) is 5.32 Å². The number of carbonyl (C=O) groups is 1. The molecule has 1 saturated carbocycles. The summed E-state index contributed by atoms with van der Waals surface area (Å²) in [5.74, 6) is 0.0574. The average molecular weight is 274 g/mol. The molecule has 1 aliphatic rings. The first kappa shape index (κ1) is 15.0. The molecule has 1 aromatic rings. The van der Waals surface area contributed by atoms with Gasteiger partial charge in [-0.2, -0.15) is 0 Å². The Morgan fingerprint density at radius 1 is 1.25 bits per heavy atom. The van der Waals surface area contributed by atoms with Crippen LogP contribution in [0.25, 0.3) is 0 Å². The number of nitrogens with two attached hydrogens (primary N) is 1. The number of rotatable bonds is 5. The zero-order valence-electron chi connectivity index (χ0n) is 12.4. The van der Waals surface area contributed by atoms with E-state index >= 15 is 0 Å². The summed E-state index contributed by atoms with van der Waals surface area (Å²) >= 11 is 0. The van der Waals surface area contributed by atoms with E-state index < -0.39 is 0 Å². The van der Waals surface area contributed by atoms with Gasteiger partial charge in [0.2, 0.25) is 5.91 Å². The fourth-order valence-corrected chi connectivity index (χ4v) is 2.86. The highest BCUT2D eigenvalue weighted by molar-refractivity contribution is 5.93. The van der Waals surface area contributed by atoms with Crippen molar-refractivity contribution < 1.29 is 4.79 Å². The number of unbranched alkanes of at least 4 members (excludes halogenated alkanes) is 1. The van der Waals surface area contributed by atoms with Gasteiger partial charge >= 0.3 is 0 Å². The number of hydrogen-bond donors (Lipinski definition) is 2. The maximum atomic E-state index is 12.2. The number of benzene rings is 1. The second kappa shape index (κ2) is 7.44. The number of amides is 1. The number of hydrogen-bond acceptors (Lipinski definition) is 2. The van der Waals surface area contributed by atoms with E-state index in [0.29, 0.717) is 0 Å². The quantitative estimate of drug-likeness (QED) is 0.863. The summed E-state index contributed by atoms with van der Waals surface area (Å²) in [6.07, 6.45) is 7.67. The van der Waals surface area contributed by atoms with E-state index in [2.05, 4.69) is 24.4 Å². The zero-order valence-corrected chi connectivity index (χ0v) is 12.4. The molecule has 0 saturated heterocycles. The highest BCUT2D eigenvalue weighted by Gasteiger charge is 2.28. The third kappa shape index (κ3) is 4.07. The standard InChI is InChI=1S/C17H26N2O/c1-2-3-6-13-9-11-14(12-10-13)19-17(20)15-7-4-5-8-16(15)18/h9-12,15-16H,2-8,18H2,1H3,(H,19,20). The number of carbonyl (C=O) groups excluding carboxylic acids is 1. The summed E-state index contributed by atoms with van der Waals surface area (Å²) in [4.78, 5) is 12.2. The van der Waals surface area contributed by atoms with E-state index in [-0.39, 0.29) is 17.9 Å². The Bertz CT molecular complexity index is 427. The molecular formula is C17H26N2O. The molecule has 1 fully saturated rings. The molecule has 2 unspecified atom stereocenters. The van der Waals surface area contributed by atoms with Gasteiger partial charge in [0, 0.05) is 11.7 Å². The van der Waals surface area contributed by atoms with Gasteiger partial charge in [-0.25, -0.2) is 0 Å². The third-order valence-corrected chi connectivity index (χ3v) is 4.20. The molecule has 1 amide bonds. The van der Waals surface area contributed by atoms with Crippen molar-refractivity contribution >= 4 is 11.6 Å². The smallest absolute Gasteiger partial charge is 0.229 e. The molecule has 1 aromatic carbocycles. The molecule has 3 nitrogen and oxygen atoms in total. The monoisotopic (exact) mass is 274 g/mol. The molecule has 0 spiro atoms. The van der Waals surface area contributed by atoms with E-state index in [4.69, 9.17) is 5.73 Å². The van der Waals surface area contributed by atoms with Crippen LogP contribution in [-0.2, 0) is 11.2 Å². The Labute approximate surface area is 121 Å². The fourth-order valence-electron chi connectivity index (χ4n) is 2.86. The number of nitrogens with one attached hydrogen (secondary N) is 1. The van der Waals surface area contributed by atoms with Crippen molar-refractivity contribution in [2.45, 2.75) is 57.9 Å². The predicted octanol–water partition coefficient (Wildman–Crippen LogP) is 3.49. The van der Waals surface area contributed by atoms with E-state index in [9.17, 15) is 4.79 Å². The summed E-state index contributed by atoms with van der Waals surface area (Å²) in [5, 5.41) is 3.01. The van der Waals surface area contributed by atoms with Gasteiger partial charge in [0.1, 0.15) is 0 Å². The summed E-state index contributed by atoms with van der Waals surface area (Å²) in [6, 6.07) is 8.22. The van der Waals surface area contributed by atoms with Gasteiger partial charge in [0.15, 0.2) is 0 Å². The van der Waals surface area contributed by atoms with Crippen LogP contribution in [-0.4, -0.2) is 11.9 Å². The molecule has 0 aromatic heterocycles. The van der Waals surface area contributed by atoms with Crippen molar-refractivity contribution in [3.63, 3.8) is 0 Å². The van der Waals surface area contributed by atoms with Crippen LogP contribution in [0.5, 0.6) is 0 Å². The van der Waals surface area contributed by atoms with E-state index in [1.165, 1.54) is 18.4 Å². The maximum absolute atomic E-state index is 12.2. The first-order chi connectivity index (χ1) is 9.70. The second-order valence-corrected chi connectivity index (χ2v) is 5.84. The lowest BCUT2D eigenvalue weighted by Crippen LogP contribution is -2.40. The third-order valence-electron chi connectivity index (χ3n) is 4.20. The topological polar surface area (TPSA) is 55.1 Å². The van der Waals surface area contributed by atoms with Crippen LogP contribution in [0, 0.1) is 5.92 Å². The fraction of sp³-hybridized carbons (Fsp3) is 0.588. The summed E-state index contributed by atoms with van der Waals surface area (Å²) in [5.41, 5.74) is 8.27. The van der Waals surface area contributed by atoms with Crippen LogP contribution in [0.15, 0.2) is 24.3 Å². The van der Waals surface area contributed by atoms with Crippen molar-refractivity contribution in [2.24, 2.45) is 11.7 Å². The van der Waals surface area contributed by atoms with E-state index in [1.807, 2.05) is 12.1 Å². The SMILES string of the molecule is CCCCc1ccc(NC(=O)C2CCCCC2N)cc1. The van der Waals surface area contributed by atoms with E-state index in [0.717, 1.165) is 37.8 Å². The van der Waals surface area contributed by atoms with Crippen LogP contribution in [0.4, 0.5) is 5.69 Å². The first-order valence-electron chi connectivity index (χ1n) is 7.86. The molecule has 2 atom stereocenters. The van der Waals surface area contributed by atoms with Gasteiger partial charge in [0.05, 0.1) is 5.92 Å². The van der Waals surface area contributed by atoms with Crippen molar-refractivity contribution in [3.8, 4) is 0 Å². The Hall–Kier alpha value is -1.35. The largest absolute Gasteiger partial charge is 0.327 e. The Morgan fingerprint density at radius 2 is 1.95 bits per heavy atom. The number of aryl methyl sites for hydroxylation is 1. The second-order valence-electron chi connectivity index (χ2n) is 5.84. The maximum Gasteiger partial charge on any atom is 0.229 e. The van der Waals surface area contributed by atoms with Gasteiger partial charge in [-0.3, -0.25) is 4.79 Å². The molecule has 1 aliphatic carbocycles. The van der Waals surface area contributed by atoms with Gasteiger partial charge in [-0.05, 0) is 43.4 Å².